The van der Waals surface area contributed by atoms with Crippen molar-refractivity contribution < 1.29 is 0 Å². The summed E-state index contributed by atoms with van der Waals surface area (Å²) in [6.45, 7) is 4.69. The molecule has 7 rings (SSSR count). The summed E-state index contributed by atoms with van der Waals surface area (Å²) in [7, 11) is 0. The first kappa shape index (κ1) is 24.2. The van der Waals surface area contributed by atoms with E-state index in [1.54, 1.807) is 0 Å². The summed E-state index contributed by atoms with van der Waals surface area (Å²) in [5.41, 5.74) is 14.9. The lowest BCUT2D eigenvalue weighted by atomic mass is 9.81. The van der Waals surface area contributed by atoms with Gasteiger partial charge in [0.15, 0.2) is 0 Å². The van der Waals surface area contributed by atoms with Gasteiger partial charge in [-0.15, -0.1) is 0 Å². The van der Waals surface area contributed by atoms with Gasteiger partial charge in [-0.05, 0) is 74.3 Å². The van der Waals surface area contributed by atoms with Crippen LogP contribution in [0.4, 0.5) is 11.4 Å². The van der Waals surface area contributed by atoms with Crippen LogP contribution in [0.5, 0.6) is 0 Å². The summed E-state index contributed by atoms with van der Waals surface area (Å²) < 4.78 is 0. The van der Waals surface area contributed by atoms with Gasteiger partial charge in [0.1, 0.15) is 0 Å². The normalized spacial score (nSPS) is 12.9. The monoisotopic (exact) mass is 513 g/mol. The number of rotatable bonds is 5. The fraction of sp³-hybridized carbons (Fsp3) is 0.0769. The lowest BCUT2D eigenvalue weighted by Gasteiger charge is -2.23. The Bertz CT molecular complexity index is 1810. The van der Waals surface area contributed by atoms with Crippen molar-refractivity contribution in [1.29, 1.82) is 0 Å². The van der Waals surface area contributed by atoms with Crippen LogP contribution in [0, 0.1) is 0 Å². The van der Waals surface area contributed by atoms with E-state index in [0.717, 1.165) is 11.4 Å². The zero-order valence-corrected chi connectivity index (χ0v) is 22.9. The standard InChI is InChI=1S/C39H31N/c1-39(2)35-18-10-9-16-33(35)34-25-22-30(26-36(34)39)32-17-11-19-37(38(32)29-14-7-4-8-15-29)40-31-23-20-28(21-24-31)27-12-5-3-6-13-27/h3-26,40H,1-2H3. The van der Waals surface area contributed by atoms with Crippen molar-refractivity contribution in [3.8, 4) is 44.5 Å². The molecule has 1 aliphatic carbocycles. The second kappa shape index (κ2) is 9.70. The third kappa shape index (κ3) is 4.12. The fourth-order valence-electron chi connectivity index (χ4n) is 6.22. The van der Waals surface area contributed by atoms with E-state index < -0.39 is 0 Å². The number of hydrogen-bond donors (Lipinski definition) is 1. The van der Waals surface area contributed by atoms with E-state index in [4.69, 9.17) is 0 Å². The molecule has 6 aromatic carbocycles. The topological polar surface area (TPSA) is 12.0 Å². The molecule has 0 aromatic heterocycles. The quantitative estimate of drug-likeness (QED) is 0.242. The second-order valence-electron chi connectivity index (χ2n) is 11.1. The smallest absolute Gasteiger partial charge is 0.0470 e. The Morgan fingerprint density at radius 3 is 1.75 bits per heavy atom. The van der Waals surface area contributed by atoms with Gasteiger partial charge in [0.25, 0.3) is 0 Å². The number of fused-ring (bicyclic) bond motifs is 3. The number of benzene rings is 6. The van der Waals surface area contributed by atoms with E-state index in [1.807, 2.05) is 0 Å². The van der Waals surface area contributed by atoms with Crippen LogP contribution in [0.2, 0.25) is 0 Å². The van der Waals surface area contributed by atoms with Crippen molar-refractivity contribution in [1.82, 2.24) is 0 Å². The van der Waals surface area contributed by atoms with Crippen LogP contribution in [0.15, 0.2) is 146 Å². The Morgan fingerprint density at radius 2 is 1.00 bits per heavy atom. The van der Waals surface area contributed by atoms with Crippen LogP contribution in [0.3, 0.4) is 0 Å². The highest BCUT2D eigenvalue weighted by molar-refractivity contribution is 5.95. The summed E-state index contributed by atoms with van der Waals surface area (Å²) in [6.07, 6.45) is 0. The molecule has 0 bridgehead atoms. The summed E-state index contributed by atoms with van der Waals surface area (Å²) in [6, 6.07) is 52.4. The highest BCUT2D eigenvalue weighted by Crippen LogP contribution is 2.50. The molecule has 1 nitrogen and oxygen atoms in total. The minimum absolute atomic E-state index is 0.0365. The molecule has 0 heterocycles. The number of anilines is 2. The molecule has 0 fully saturated rings. The lowest BCUT2D eigenvalue weighted by molar-refractivity contribution is 0.660. The van der Waals surface area contributed by atoms with Crippen molar-refractivity contribution in [2.24, 2.45) is 0 Å². The molecule has 192 valence electrons. The predicted molar refractivity (Wildman–Crippen MR) is 170 cm³/mol. The highest BCUT2D eigenvalue weighted by atomic mass is 14.9. The summed E-state index contributed by atoms with van der Waals surface area (Å²) >= 11 is 0. The van der Waals surface area contributed by atoms with Gasteiger partial charge in [-0.3, -0.25) is 0 Å². The van der Waals surface area contributed by atoms with Crippen molar-refractivity contribution in [3.05, 3.63) is 157 Å². The molecule has 1 N–H and O–H groups in total. The van der Waals surface area contributed by atoms with E-state index in [-0.39, 0.29) is 5.41 Å². The molecule has 1 aliphatic rings. The Kier molecular flexibility index (Phi) is 5.86. The number of nitrogens with one attached hydrogen (secondary N) is 1. The van der Waals surface area contributed by atoms with E-state index in [9.17, 15) is 0 Å². The highest BCUT2D eigenvalue weighted by Gasteiger charge is 2.35. The van der Waals surface area contributed by atoms with Gasteiger partial charge in [-0.25, -0.2) is 0 Å². The third-order valence-corrected chi connectivity index (χ3v) is 8.29. The van der Waals surface area contributed by atoms with Gasteiger partial charge >= 0.3 is 0 Å². The van der Waals surface area contributed by atoms with Gasteiger partial charge < -0.3 is 5.32 Å². The van der Waals surface area contributed by atoms with Crippen LogP contribution in [-0.4, -0.2) is 0 Å². The van der Waals surface area contributed by atoms with Crippen molar-refractivity contribution >= 4 is 11.4 Å². The Morgan fingerprint density at radius 1 is 0.425 bits per heavy atom. The first-order valence-electron chi connectivity index (χ1n) is 14.0. The Hall–Kier alpha value is -4.88. The van der Waals surface area contributed by atoms with Crippen LogP contribution in [0.25, 0.3) is 44.5 Å². The first-order chi connectivity index (χ1) is 19.6. The molecule has 1 heteroatoms. The molecular formula is C39H31N. The molecule has 0 amide bonds. The molecule has 0 spiro atoms. The molecular weight excluding hydrogens is 482 g/mol. The number of hydrogen-bond acceptors (Lipinski definition) is 1. The van der Waals surface area contributed by atoms with E-state index in [2.05, 4.69) is 165 Å². The van der Waals surface area contributed by atoms with Crippen molar-refractivity contribution in [3.63, 3.8) is 0 Å². The van der Waals surface area contributed by atoms with E-state index >= 15 is 0 Å². The Balaban J connectivity index is 1.32. The molecule has 0 aliphatic heterocycles. The first-order valence-corrected chi connectivity index (χ1v) is 14.0. The second-order valence-corrected chi connectivity index (χ2v) is 11.1. The minimum Gasteiger partial charge on any atom is -0.355 e. The molecule has 0 unspecified atom stereocenters. The maximum atomic E-state index is 3.74. The van der Waals surface area contributed by atoms with E-state index in [0.29, 0.717) is 0 Å². The zero-order chi connectivity index (χ0) is 27.1. The maximum Gasteiger partial charge on any atom is 0.0470 e. The average Bonchev–Trinajstić information content (AvgIpc) is 3.24. The summed E-state index contributed by atoms with van der Waals surface area (Å²) in [5.74, 6) is 0. The Labute approximate surface area is 236 Å². The lowest BCUT2D eigenvalue weighted by Crippen LogP contribution is -2.14. The van der Waals surface area contributed by atoms with Gasteiger partial charge in [0, 0.05) is 22.4 Å². The van der Waals surface area contributed by atoms with Crippen molar-refractivity contribution in [2.75, 3.05) is 5.32 Å². The van der Waals surface area contributed by atoms with Crippen LogP contribution < -0.4 is 5.32 Å². The summed E-state index contributed by atoms with van der Waals surface area (Å²) in [4.78, 5) is 0. The molecule has 0 radical (unpaired) electrons. The van der Waals surface area contributed by atoms with Crippen LogP contribution >= 0.6 is 0 Å². The van der Waals surface area contributed by atoms with Gasteiger partial charge in [0.05, 0.1) is 0 Å². The van der Waals surface area contributed by atoms with Crippen molar-refractivity contribution in [2.45, 2.75) is 19.3 Å². The molecule has 0 saturated heterocycles. The molecule has 6 aromatic rings. The third-order valence-electron chi connectivity index (χ3n) is 8.29. The maximum absolute atomic E-state index is 3.74. The van der Waals surface area contributed by atoms with Gasteiger partial charge in [-0.2, -0.15) is 0 Å². The predicted octanol–water partition coefficient (Wildman–Crippen LogP) is 10.7. The average molecular weight is 514 g/mol. The van der Waals surface area contributed by atoms with Crippen LogP contribution in [0.1, 0.15) is 25.0 Å². The minimum atomic E-state index is -0.0365. The van der Waals surface area contributed by atoms with Gasteiger partial charge in [0.2, 0.25) is 0 Å². The summed E-state index contributed by atoms with van der Waals surface area (Å²) in [5, 5.41) is 3.74. The van der Waals surface area contributed by atoms with Crippen LogP contribution in [-0.2, 0) is 5.41 Å². The zero-order valence-electron chi connectivity index (χ0n) is 22.9. The fourth-order valence-corrected chi connectivity index (χ4v) is 6.22. The molecule has 0 saturated carbocycles. The SMILES string of the molecule is CC1(C)c2ccccc2-c2ccc(-c3cccc(Nc4ccc(-c5ccccc5)cc4)c3-c3ccccc3)cc21. The van der Waals surface area contributed by atoms with E-state index in [1.165, 1.54) is 55.6 Å². The molecule has 0 atom stereocenters. The molecule has 40 heavy (non-hydrogen) atoms. The largest absolute Gasteiger partial charge is 0.355 e. The van der Waals surface area contributed by atoms with Gasteiger partial charge in [-0.1, -0.05) is 135 Å².